The van der Waals surface area contributed by atoms with Crippen LogP contribution in [0.3, 0.4) is 0 Å². The number of hydrogen-bond acceptors (Lipinski definition) is 4. The molecule has 1 N–H and O–H groups in total. The van der Waals surface area contributed by atoms with Crippen LogP contribution in [0.25, 0.3) is 11.4 Å². The van der Waals surface area contributed by atoms with Crippen LogP contribution in [0.2, 0.25) is 0 Å². The maximum absolute atomic E-state index is 13.2. The van der Waals surface area contributed by atoms with Crippen LogP contribution in [0.1, 0.15) is 42.3 Å². The van der Waals surface area contributed by atoms with Crippen molar-refractivity contribution >= 4 is 11.7 Å². The molecule has 1 aliphatic heterocycles. The Morgan fingerprint density at radius 2 is 1.60 bits per heavy atom. The van der Waals surface area contributed by atoms with Crippen molar-refractivity contribution in [2.24, 2.45) is 0 Å². The Morgan fingerprint density at radius 1 is 0.971 bits per heavy atom. The molecule has 2 amide bonds. The first kappa shape index (κ1) is 24.5. The van der Waals surface area contributed by atoms with Crippen molar-refractivity contribution in [2.45, 2.75) is 37.7 Å². The fourth-order valence-electron chi connectivity index (χ4n) is 3.74. The lowest BCUT2D eigenvalue weighted by Gasteiger charge is -2.33. The van der Waals surface area contributed by atoms with Crippen LogP contribution >= 0.6 is 0 Å². The molecule has 1 fully saturated rings. The SMILES string of the molecule is O=C(Nc1cc(C(F)(F)F)cc(C(F)(F)F)c1)N1CCCCC1c1nc(-c2ccc(F)cc2)no1. The second kappa shape index (κ2) is 9.19. The van der Waals surface area contributed by atoms with E-state index in [4.69, 9.17) is 4.52 Å². The van der Waals surface area contributed by atoms with Crippen molar-refractivity contribution in [3.8, 4) is 11.4 Å². The van der Waals surface area contributed by atoms with Gasteiger partial charge in [-0.05, 0) is 61.7 Å². The number of halogens is 7. The van der Waals surface area contributed by atoms with Gasteiger partial charge in [0.05, 0.1) is 11.1 Å². The van der Waals surface area contributed by atoms with E-state index in [2.05, 4.69) is 15.5 Å². The molecule has 2 aromatic carbocycles. The Bertz CT molecular complexity index is 1170. The van der Waals surface area contributed by atoms with Gasteiger partial charge in [-0.15, -0.1) is 0 Å². The number of carbonyl (C=O) groups is 1. The molecular formula is C22H17F7N4O2. The first-order valence-electron chi connectivity index (χ1n) is 10.4. The lowest BCUT2D eigenvalue weighted by Crippen LogP contribution is -2.41. The van der Waals surface area contributed by atoms with Gasteiger partial charge in [-0.1, -0.05) is 5.16 Å². The van der Waals surface area contributed by atoms with Gasteiger partial charge in [-0.25, -0.2) is 9.18 Å². The highest BCUT2D eigenvalue weighted by molar-refractivity contribution is 5.90. The molecule has 4 rings (SSSR count). The Morgan fingerprint density at radius 3 is 2.20 bits per heavy atom. The molecule has 0 saturated carbocycles. The third-order valence-electron chi connectivity index (χ3n) is 5.43. The summed E-state index contributed by atoms with van der Waals surface area (Å²) in [4.78, 5) is 18.4. The predicted molar refractivity (Wildman–Crippen MR) is 108 cm³/mol. The normalized spacial score (nSPS) is 16.9. The van der Waals surface area contributed by atoms with Crippen molar-refractivity contribution in [1.29, 1.82) is 0 Å². The van der Waals surface area contributed by atoms with E-state index in [1.54, 1.807) is 0 Å². The molecular weight excluding hydrogens is 485 g/mol. The molecule has 1 saturated heterocycles. The topological polar surface area (TPSA) is 71.3 Å². The van der Waals surface area contributed by atoms with Crippen LogP contribution in [-0.4, -0.2) is 27.6 Å². The Balaban J connectivity index is 1.59. The number of nitrogens with zero attached hydrogens (tertiary/aromatic N) is 3. The fraction of sp³-hybridized carbons (Fsp3) is 0.318. The van der Waals surface area contributed by atoms with Gasteiger partial charge < -0.3 is 14.7 Å². The molecule has 13 heteroatoms. The first-order valence-corrected chi connectivity index (χ1v) is 10.4. The van der Waals surface area contributed by atoms with Gasteiger partial charge in [-0.3, -0.25) is 0 Å². The molecule has 0 aliphatic carbocycles. The molecule has 0 radical (unpaired) electrons. The summed E-state index contributed by atoms with van der Waals surface area (Å²) in [6.45, 7) is 0.163. The summed E-state index contributed by atoms with van der Waals surface area (Å²) in [6, 6.07) is 4.46. The van der Waals surface area contributed by atoms with Crippen LogP contribution in [0, 0.1) is 5.82 Å². The van der Waals surface area contributed by atoms with Gasteiger partial charge in [0.1, 0.15) is 11.9 Å². The maximum Gasteiger partial charge on any atom is 0.416 e. The van der Waals surface area contributed by atoms with E-state index in [-0.39, 0.29) is 24.3 Å². The minimum absolute atomic E-state index is 0.0191. The zero-order chi connectivity index (χ0) is 25.4. The summed E-state index contributed by atoms with van der Waals surface area (Å²) >= 11 is 0. The minimum Gasteiger partial charge on any atom is -0.337 e. The number of benzene rings is 2. The van der Waals surface area contributed by atoms with Crippen molar-refractivity contribution < 1.29 is 40.1 Å². The molecule has 1 unspecified atom stereocenters. The highest BCUT2D eigenvalue weighted by Gasteiger charge is 2.38. The number of anilines is 1. The number of urea groups is 1. The lowest BCUT2D eigenvalue weighted by atomic mass is 10.0. The van der Waals surface area contributed by atoms with Gasteiger partial charge in [0.15, 0.2) is 0 Å². The molecule has 1 atom stereocenters. The zero-order valence-corrected chi connectivity index (χ0v) is 17.8. The maximum atomic E-state index is 13.2. The molecule has 1 aromatic heterocycles. The van der Waals surface area contributed by atoms with Gasteiger partial charge in [0, 0.05) is 17.8 Å². The largest absolute Gasteiger partial charge is 0.416 e. The predicted octanol–water partition coefficient (Wildman–Crippen LogP) is 6.67. The Labute approximate surface area is 193 Å². The number of nitrogens with one attached hydrogen (secondary N) is 1. The van der Waals surface area contributed by atoms with E-state index in [1.165, 1.54) is 29.2 Å². The fourth-order valence-corrected chi connectivity index (χ4v) is 3.74. The number of carbonyl (C=O) groups excluding carboxylic acids is 1. The number of aromatic nitrogens is 2. The second-order valence-electron chi connectivity index (χ2n) is 7.89. The molecule has 1 aliphatic rings. The van der Waals surface area contributed by atoms with Gasteiger partial charge in [0.2, 0.25) is 11.7 Å². The summed E-state index contributed by atoms with van der Waals surface area (Å²) in [5.74, 6) is -0.284. The van der Waals surface area contributed by atoms with Crippen LogP contribution < -0.4 is 5.32 Å². The quantitative estimate of drug-likeness (QED) is 0.406. The average molecular weight is 502 g/mol. The third kappa shape index (κ3) is 5.54. The molecule has 2 heterocycles. The number of amides is 2. The van der Waals surface area contributed by atoms with E-state index >= 15 is 0 Å². The number of hydrogen-bond donors (Lipinski definition) is 1. The number of likely N-dealkylation sites (tertiary alicyclic amines) is 1. The van der Waals surface area contributed by atoms with Gasteiger partial charge >= 0.3 is 18.4 Å². The van der Waals surface area contributed by atoms with Crippen molar-refractivity contribution in [3.05, 3.63) is 65.3 Å². The minimum atomic E-state index is -5.05. The van der Waals surface area contributed by atoms with Gasteiger partial charge in [-0.2, -0.15) is 31.3 Å². The first-order chi connectivity index (χ1) is 16.4. The third-order valence-corrected chi connectivity index (χ3v) is 5.43. The van der Waals surface area contributed by atoms with E-state index in [9.17, 15) is 35.5 Å². The number of piperidine rings is 1. The monoisotopic (exact) mass is 502 g/mol. The van der Waals surface area contributed by atoms with Crippen LogP contribution in [0.4, 0.5) is 41.2 Å². The molecule has 0 spiro atoms. The summed E-state index contributed by atoms with van der Waals surface area (Å²) in [6.07, 6.45) is -8.48. The zero-order valence-electron chi connectivity index (χ0n) is 17.8. The highest BCUT2D eigenvalue weighted by atomic mass is 19.4. The summed E-state index contributed by atoms with van der Waals surface area (Å²) < 4.78 is 97.3. The van der Waals surface area contributed by atoms with E-state index in [1.807, 2.05) is 0 Å². The molecule has 186 valence electrons. The van der Waals surface area contributed by atoms with E-state index in [0.717, 1.165) is 0 Å². The molecule has 35 heavy (non-hydrogen) atoms. The van der Waals surface area contributed by atoms with E-state index < -0.39 is 47.1 Å². The standard InChI is InChI=1S/C22H17F7N4O2/c23-15-6-4-12(5-7-15)18-31-19(35-32-18)17-3-1-2-8-33(17)20(34)30-16-10-13(21(24,25)26)9-14(11-16)22(27,28)29/h4-7,9-11,17H,1-3,8H2,(H,30,34). The number of rotatable bonds is 3. The van der Waals surface area contributed by atoms with Gasteiger partial charge in [0.25, 0.3) is 0 Å². The highest BCUT2D eigenvalue weighted by Crippen LogP contribution is 2.38. The Kier molecular flexibility index (Phi) is 6.43. The lowest BCUT2D eigenvalue weighted by molar-refractivity contribution is -0.143. The van der Waals surface area contributed by atoms with Crippen molar-refractivity contribution in [2.75, 3.05) is 11.9 Å². The smallest absolute Gasteiger partial charge is 0.337 e. The molecule has 6 nitrogen and oxygen atoms in total. The molecule has 3 aromatic rings. The van der Waals surface area contributed by atoms with E-state index in [0.29, 0.717) is 37.0 Å². The summed E-state index contributed by atoms with van der Waals surface area (Å²) in [7, 11) is 0. The average Bonchev–Trinajstić information content (AvgIpc) is 3.28. The summed E-state index contributed by atoms with van der Waals surface area (Å²) in [5.41, 5.74) is -3.28. The van der Waals surface area contributed by atoms with Crippen LogP contribution in [0.15, 0.2) is 47.0 Å². The van der Waals surface area contributed by atoms with Crippen LogP contribution in [-0.2, 0) is 12.4 Å². The second-order valence-corrected chi connectivity index (χ2v) is 7.89. The molecule has 0 bridgehead atoms. The number of alkyl halides is 6. The van der Waals surface area contributed by atoms with Crippen LogP contribution in [0.5, 0.6) is 0 Å². The Hall–Kier alpha value is -3.64. The van der Waals surface area contributed by atoms with Crippen molar-refractivity contribution in [3.63, 3.8) is 0 Å². The summed E-state index contributed by atoms with van der Waals surface area (Å²) in [5, 5.41) is 5.97. The van der Waals surface area contributed by atoms with Crippen molar-refractivity contribution in [1.82, 2.24) is 15.0 Å².